The highest BCUT2D eigenvalue weighted by Gasteiger charge is 2.36. The van der Waals surface area contributed by atoms with E-state index >= 15 is 0 Å². The first-order valence-electron chi connectivity index (χ1n) is 4.70. The summed E-state index contributed by atoms with van der Waals surface area (Å²) in [5, 5.41) is 0.326. The number of benzene rings is 2. The Morgan fingerprint density at radius 2 is 1.65 bits per heavy atom. The molecule has 0 aromatic heterocycles. The molecule has 0 fully saturated rings. The van der Waals surface area contributed by atoms with Crippen molar-refractivity contribution in [2.45, 2.75) is 4.83 Å². The topological polar surface area (TPSA) is 17.1 Å². The van der Waals surface area contributed by atoms with E-state index in [-0.39, 0.29) is 16.3 Å². The first-order chi connectivity index (χ1) is 7.91. The fourth-order valence-electron chi connectivity index (χ4n) is 1.61. The van der Waals surface area contributed by atoms with Crippen LogP contribution in [0.3, 0.4) is 0 Å². The normalized spacial score (nSPS) is 11.8. The summed E-state index contributed by atoms with van der Waals surface area (Å²) in [5.74, 6) is -1.93. The highest BCUT2D eigenvalue weighted by molar-refractivity contribution is 9.10. The molecule has 0 aliphatic heterocycles. The number of carbonyl (C=O) groups is 1. The summed E-state index contributed by atoms with van der Waals surface area (Å²) >= 11 is 2.01. The van der Waals surface area contributed by atoms with Crippen LogP contribution in [0.1, 0.15) is 10.4 Å². The van der Waals surface area contributed by atoms with Crippen LogP contribution in [0.4, 0.5) is 13.2 Å². The quantitative estimate of drug-likeness (QED) is 0.602. The fraction of sp³-hybridized carbons (Fsp3) is 0.0833. The van der Waals surface area contributed by atoms with Crippen molar-refractivity contribution in [3.8, 4) is 0 Å². The number of hydrogen-bond acceptors (Lipinski definition) is 1. The molecule has 0 saturated heterocycles. The highest BCUT2D eigenvalue weighted by atomic mass is 79.9. The minimum absolute atomic E-state index is 0.148. The van der Waals surface area contributed by atoms with E-state index in [4.69, 9.17) is 0 Å². The predicted molar refractivity (Wildman–Crippen MR) is 62.1 cm³/mol. The summed E-state index contributed by atoms with van der Waals surface area (Å²) in [7, 11) is 0. The number of fused-ring (bicyclic) bond motifs is 1. The van der Waals surface area contributed by atoms with E-state index in [1.165, 1.54) is 12.1 Å². The van der Waals surface area contributed by atoms with E-state index in [0.29, 0.717) is 0 Å². The van der Waals surface area contributed by atoms with Gasteiger partial charge in [-0.1, -0.05) is 24.3 Å². The zero-order chi connectivity index (χ0) is 12.6. The van der Waals surface area contributed by atoms with Gasteiger partial charge < -0.3 is 0 Å². The number of ketones is 1. The third-order valence-electron chi connectivity index (χ3n) is 2.37. The van der Waals surface area contributed by atoms with Crippen LogP contribution in [0.25, 0.3) is 10.8 Å². The lowest BCUT2D eigenvalue weighted by Crippen LogP contribution is -2.21. The molecule has 0 saturated carbocycles. The van der Waals surface area contributed by atoms with E-state index < -0.39 is 16.4 Å². The molecule has 0 amide bonds. The molecule has 0 bridgehead atoms. The fourth-order valence-corrected chi connectivity index (χ4v) is 1.83. The summed E-state index contributed by atoms with van der Waals surface area (Å²) in [6.07, 6.45) is 0. The maximum atomic E-state index is 13.4. The molecule has 0 aliphatic carbocycles. The maximum Gasteiger partial charge on any atom is 0.363 e. The molecule has 88 valence electrons. The Bertz CT molecular complexity index is 590. The molecule has 0 N–H and O–H groups in total. The van der Waals surface area contributed by atoms with Crippen LogP contribution in [0, 0.1) is 5.82 Å². The summed E-state index contributed by atoms with van der Waals surface area (Å²) < 4.78 is 39.2. The van der Waals surface area contributed by atoms with Gasteiger partial charge in [0.2, 0.25) is 5.78 Å². The number of hydrogen-bond donors (Lipinski definition) is 0. The zero-order valence-electron chi connectivity index (χ0n) is 8.38. The second kappa shape index (κ2) is 4.14. The molecule has 17 heavy (non-hydrogen) atoms. The van der Waals surface area contributed by atoms with Crippen molar-refractivity contribution >= 4 is 32.5 Å². The molecule has 2 rings (SSSR count). The molecule has 2 aromatic rings. The average molecular weight is 303 g/mol. The SMILES string of the molecule is O=C(c1ccc(F)c2ccccc12)C(F)(F)Br. The molecule has 0 unspecified atom stereocenters. The van der Waals surface area contributed by atoms with E-state index in [1.807, 2.05) is 15.9 Å². The lowest BCUT2D eigenvalue weighted by Gasteiger charge is -2.10. The molecule has 0 heterocycles. The minimum Gasteiger partial charge on any atom is -0.286 e. The van der Waals surface area contributed by atoms with Crippen molar-refractivity contribution < 1.29 is 18.0 Å². The zero-order valence-corrected chi connectivity index (χ0v) is 9.97. The summed E-state index contributed by atoms with van der Waals surface area (Å²) in [4.78, 5) is 7.83. The van der Waals surface area contributed by atoms with Crippen LogP contribution in [0.15, 0.2) is 36.4 Å². The lowest BCUT2D eigenvalue weighted by atomic mass is 10.0. The van der Waals surface area contributed by atoms with Crippen LogP contribution in [0.2, 0.25) is 0 Å². The van der Waals surface area contributed by atoms with Gasteiger partial charge in [-0.2, -0.15) is 8.78 Å². The molecule has 1 nitrogen and oxygen atoms in total. The van der Waals surface area contributed by atoms with Crippen LogP contribution < -0.4 is 0 Å². The number of halogens is 4. The molecule has 2 aromatic carbocycles. The van der Waals surface area contributed by atoms with E-state index in [0.717, 1.165) is 12.1 Å². The van der Waals surface area contributed by atoms with Crippen molar-refractivity contribution in [1.82, 2.24) is 0 Å². The van der Waals surface area contributed by atoms with E-state index in [9.17, 15) is 18.0 Å². The molecular weight excluding hydrogens is 297 g/mol. The van der Waals surface area contributed by atoms with Crippen molar-refractivity contribution in [2.75, 3.05) is 0 Å². The van der Waals surface area contributed by atoms with Gasteiger partial charge in [0.05, 0.1) is 0 Å². The molecule has 0 spiro atoms. The van der Waals surface area contributed by atoms with Crippen molar-refractivity contribution in [1.29, 1.82) is 0 Å². The van der Waals surface area contributed by atoms with Crippen LogP contribution in [-0.4, -0.2) is 10.6 Å². The minimum atomic E-state index is -3.65. The van der Waals surface area contributed by atoms with Gasteiger partial charge in [0.1, 0.15) is 5.82 Å². The third kappa shape index (κ3) is 2.20. The van der Waals surface area contributed by atoms with Crippen LogP contribution in [0.5, 0.6) is 0 Å². The van der Waals surface area contributed by atoms with Crippen LogP contribution >= 0.6 is 15.9 Å². The Kier molecular flexibility index (Phi) is 2.95. The van der Waals surface area contributed by atoms with Crippen molar-refractivity contribution in [2.24, 2.45) is 0 Å². The van der Waals surface area contributed by atoms with Gasteiger partial charge in [-0.05, 0) is 33.4 Å². The summed E-state index contributed by atoms with van der Waals surface area (Å²) in [6, 6.07) is 8.08. The largest absolute Gasteiger partial charge is 0.363 e. The molecular formula is C12H6BrF3O. The molecule has 5 heteroatoms. The number of alkyl halides is 3. The standard InChI is InChI=1S/C12H6BrF3O/c13-12(15,16)11(17)9-5-6-10(14)8-4-2-1-3-7(8)9/h1-6H. The monoisotopic (exact) mass is 302 g/mol. The van der Waals surface area contributed by atoms with Gasteiger partial charge >= 0.3 is 4.83 Å². The van der Waals surface area contributed by atoms with Crippen LogP contribution in [-0.2, 0) is 0 Å². The highest BCUT2D eigenvalue weighted by Crippen LogP contribution is 2.31. The lowest BCUT2D eigenvalue weighted by molar-refractivity contribution is 0.0594. The number of Topliss-reactive ketones (excluding diaryl/α,β-unsaturated/α-hetero) is 1. The van der Waals surface area contributed by atoms with Gasteiger partial charge in [0.25, 0.3) is 0 Å². The Hall–Kier alpha value is -1.36. The summed E-state index contributed by atoms with van der Waals surface area (Å²) in [6.45, 7) is 0. The second-order valence-electron chi connectivity index (χ2n) is 3.47. The Morgan fingerprint density at radius 1 is 1.06 bits per heavy atom. The molecule has 0 radical (unpaired) electrons. The first kappa shape index (κ1) is 12.1. The Labute approximate surface area is 103 Å². The molecule has 0 atom stereocenters. The van der Waals surface area contributed by atoms with Gasteiger partial charge in [-0.15, -0.1) is 0 Å². The maximum absolute atomic E-state index is 13.4. The van der Waals surface area contributed by atoms with E-state index in [1.54, 1.807) is 12.1 Å². The third-order valence-corrected chi connectivity index (χ3v) is 2.73. The van der Waals surface area contributed by atoms with Gasteiger partial charge in [0, 0.05) is 10.9 Å². The Balaban J connectivity index is 2.72. The molecule has 0 aliphatic rings. The summed E-state index contributed by atoms with van der Waals surface area (Å²) in [5.41, 5.74) is -0.205. The van der Waals surface area contributed by atoms with Gasteiger partial charge in [-0.3, -0.25) is 4.79 Å². The van der Waals surface area contributed by atoms with Crippen molar-refractivity contribution in [3.05, 3.63) is 47.8 Å². The number of rotatable bonds is 2. The number of carbonyl (C=O) groups excluding carboxylic acids is 1. The predicted octanol–water partition coefficient (Wildman–Crippen LogP) is 4.15. The van der Waals surface area contributed by atoms with Crippen molar-refractivity contribution in [3.63, 3.8) is 0 Å². The smallest absolute Gasteiger partial charge is 0.286 e. The Morgan fingerprint density at radius 3 is 2.24 bits per heavy atom. The van der Waals surface area contributed by atoms with Gasteiger partial charge in [-0.25, -0.2) is 4.39 Å². The van der Waals surface area contributed by atoms with Gasteiger partial charge in [0.15, 0.2) is 0 Å². The second-order valence-corrected chi connectivity index (χ2v) is 4.46. The average Bonchev–Trinajstić information content (AvgIpc) is 2.28. The van der Waals surface area contributed by atoms with E-state index in [2.05, 4.69) is 0 Å². The first-order valence-corrected chi connectivity index (χ1v) is 5.49.